The molecule has 1 aliphatic carbocycles. The zero-order valence-corrected chi connectivity index (χ0v) is 9.24. The minimum atomic E-state index is -0.726. The number of carboxylic acids is 1. The number of carboxylic acid groups (broad SMARTS) is 1. The molecule has 4 heteroatoms. The first-order valence-corrected chi connectivity index (χ1v) is 5.77. The second-order valence-electron chi connectivity index (χ2n) is 4.60. The normalized spacial score (nSPS) is 30.6. The van der Waals surface area contributed by atoms with Crippen LogP contribution in [-0.4, -0.2) is 22.9 Å². The highest BCUT2D eigenvalue weighted by Crippen LogP contribution is 2.39. The van der Waals surface area contributed by atoms with Gasteiger partial charge in [-0.2, -0.15) is 0 Å². The van der Waals surface area contributed by atoms with Crippen LogP contribution >= 0.6 is 0 Å². The van der Waals surface area contributed by atoms with Gasteiger partial charge in [-0.3, -0.25) is 4.79 Å². The predicted octanol–water partition coefficient (Wildman–Crippen LogP) is 1.90. The van der Waals surface area contributed by atoms with E-state index in [1.165, 1.54) is 0 Å². The summed E-state index contributed by atoms with van der Waals surface area (Å²) in [4.78, 5) is 16.3. The predicted molar refractivity (Wildman–Crippen MR) is 61.7 cm³/mol. The van der Waals surface area contributed by atoms with Gasteiger partial charge < -0.3 is 9.94 Å². The fourth-order valence-electron chi connectivity index (χ4n) is 2.67. The fourth-order valence-corrected chi connectivity index (χ4v) is 2.67. The molecule has 88 valence electrons. The van der Waals surface area contributed by atoms with Gasteiger partial charge in [0.15, 0.2) is 0 Å². The first-order chi connectivity index (χ1) is 8.25. The largest absolute Gasteiger partial charge is 0.481 e. The summed E-state index contributed by atoms with van der Waals surface area (Å²) >= 11 is 0. The highest BCUT2D eigenvalue weighted by atomic mass is 16.6. The van der Waals surface area contributed by atoms with Crippen LogP contribution in [0, 0.1) is 11.8 Å². The Bertz CT molecular complexity index is 469. The van der Waals surface area contributed by atoms with E-state index in [4.69, 9.17) is 9.94 Å². The van der Waals surface area contributed by atoms with Crippen molar-refractivity contribution in [2.45, 2.75) is 18.9 Å². The summed E-state index contributed by atoms with van der Waals surface area (Å²) in [6.45, 7) is 0. The van der Waals surface area contributed by atoms with Crippen molar-refractivity contribution in [3.63, 3.8) is 0 Å². The number of oxime groups is 1. The van der Waals surface area contributed by atoms with Gasteiger partial charge in [-0.1, -0.05) is 35.5 Å². The lowest BCUT2D eigenvalue weighted by atomic mass is 9.94. The van der Waals surface area contributed by atoms with Gasteiger partial charge >= 0.3 is 5.97 Å². The van der Waals surface area contributed by atoms with Gasteiger partial charge in [0.1, 0.15) is 6.10 Å². The van der Waals surface area contributed by atoms with Crippen molar-refractivity contribution in [3.8, 4) is 0 Å². The molecule has 1 aliphatic heterocycles. The van der Waals surface area contributed by atoms with Crippen molar-refractivity contribution in [2.24, 2.45) is 17.0 Å². The summed E-state index contributed by atoms with van der Waals surface area (Å²) < 4.78 is 0. The standard InChI is InChI=1S/C13H13NO3/c15-13(16)9-6-10-11(7-9)17-14-12(10)8-4-2-1-3-5-8/h1-5,9-11H,6-7H2,(H,15,16)/t9-,10-,11-/m1/s1. The third-order valence-electron chi connectivity index (χ3n) is 3.56. The minimum Gasteiger partial charge on any atom is -0.481 e. The summed E-state index contributed by atoms with van der Waals surface area (Å²) in [5, 5.41) is 13.1. The van der Waals surface area contributed by atoms with Gasteiger partial charge in [-0.05, 0) is 12.0 Å². The fraction of sp³-hybridized carbons (Fsp3) is 0.385. The van der Waals surface area contributed by atoms with E-state index in [0.717, 1.165) is 11.3 Å². The second-order valence-corrected chi connectivity index (χ2v) is 4.60. The van der Waals surface area contributed by atoms with E-state index in [9.17, 15) is 4.79 Å². The van der Waals surface area contributed by atoms with Crippen molar-refractivity contribution >= 4 is 11.7 Å². The average molecular weight is 231 g/mol. The molecule has 1 saturated carbocycles. The van der Waals surface area contributed by atoms with Gasteiger partial charge in [-0.25, -0.2) is 0 Å². The molecular formula is C13H13NO3. The highest BCUT2D eigenvalue weighted by molar-refractivity contribution is 6.03. The van der Waals surface area contributed by atoms with Crippen LogP contribution in [0.1, 0.15) is 18.4 Å². The monoisotopic (exact) mass is 231 g/mol. The molecule has 0 bridgehead atoms. The van der Waals surface area contributed by atoms with E-state index in [0.29, 0.717) is 12.8 Å². The van der Waals surface area contributed by atoms with E-state index in [2.05, 4.69) is 5.16 Å². The topological polar surface area (TPSA) is 58.9 Å². The molecule has 3 rings (SSSR count). The summed E-state index contributed by atoms with van der Waals surface area (Å²) in [7, 11) is 0. The summed E-state index contributed by atoms with van der Waals surface area (Å²) in [5.41, 5.74) is 1.94. The van der Waals surface area contributed by atoms with Gasteiger partial charge in [-0.15, -0.1) is 0 Å². The molecule has 1 heterocycles. The Hall–Kier alpha value is -1.84. The molecule has 1 aromatic carbocycles. The summed E-state index contributed by atoms with van der Waals surface area (Å²) in [6, 6.07) is 9.83. The van der Waals surface area contributed by atoms with E-state index in [1.54, 1.807) is 0 Å². The SMILES string of the molecule is O=C(O)[C@H]1C[C@H]2ON=C(c3ccccc3)[C@@H]2C1. The van der Waals surface area contributed by atoms with Crippen LogP contribution in [0.15, 0.2) is 35.5 Å². The van der Waals surface area contributed by atoms with Crippen LogP contribution in [0.5, 0.6) is 0 Å². The Morgan fingerprint density at radius 3 is 2.76 bits per heavy atom. The third-order valence-corrected chi connectivity index (χ3v) is 3.56. The number of carbonyl (C=O) groups is 1. The van der Waals surface area contributed by atoms with Crippen LogP contribution in [0.3, 0.4) is 0 Å². The van der Waals surface area contributed by atoms with E-state index < -0.39 is 5.97 Å². The molecule has 0 spiro atoms. The number of nitrogens with zero attached hydrogens (tertiary/aromatic N) is 1. The quantitative estimate of drug-likeness (QED) is 0.845. The zero-order chi connectivity index (χ0) is 11.8. The lowest BCUT2D eigenvalue weighted by Gasteiger charge is -2.08. The highest BCUT2D eigenvalue weighted by Gasteiger charge is 2.45. The van der Waals surface area contributed by atoms with Crippen molar-refractivity contribution < 1.29 is 14.7 Å². The third kappa shape index (κ3) is 1.69. The van der Waals surface area contributed by atoms with Gasteiger partial charge in [0, 0.05) is 12.3 Å². The Morgan fingerprint density at radius 2 is 2.06 bits per heavy atom. The minimum absolute atomic E-state index is 0.0497. The van der Waals surface area contributed by atoms with Crippen LogP contribution in [0.4, 0.5) is 0 Å². The molecular weight excluding hydrogens is 218 g/mol. The lowest BCUT2D eigenvalue weighted by Crippen LogP contribution is -2.17. The first kappa shape index (κ1) is 10.3. The lowest BCUT2D eigenvalue weighted by molar-refractivity contribution is -0.141. The van der Waals surface area contributed by atoms with Crippen LogP contribution in [-0.2, 0) is 9.63 Å². The van der Waals surface area contributed by atoms with Crippen molar-refractivity contribution in [1.82, 2.24) is 0 Å². The molecule has 0 unspecified atom stereocenters. The smallest absolute Gasteiger partial charge is 0.306 e. The van der Waals surface area contributed by atoms with Crippen LogP contribution in [0.25, 0.3) is 0 Å². The van der Waals surface area contributed by atoms with Gasteiger partial charge in [0.25, 0.3) is 0 Å². The van der Waals surface area contributed by atoms with Crippen molar-refractivity contribution in [1.29, 1.82) is 0 Å². The number of rotatable bonds is 2. The molecule has 1 N–H and O–H groups in total. The molecule has 17 heavy (non-hydrogen) atoms. The summed E-state index contributed by atoms with van der Waals surface area (Å²) in [5.74, 6) is -0.881. The molecule has 1 fully saturated rings. The Labute approximate surface area is 98.9 Å². The van der Waals surface area contributed by atoms with E-state index in [1.807, 2.05) is 30.3 Å². The Kier molecular flexibility index (Phi) is 2.35. The van der Waals surface area contributed by atoms with Crippen LogP contribution < -0.4 is 0 Å². The summed E-state index contributed by atoms with van der Waals surface area (Å²) in [6.07, 6.45) is 1.15. The maximum atomic E-state index is 11.0. The molecule has 0 radical (unpaired) electrons. The molecule has 3 atom stereocenters. The average Bonchev–Trinajstić information content (AvgIpc) is 2.89. The number of benzene rings is 1. The number of hydrogen-bond donors (Lipinski definition) is 1. The number of aliphatic carboxylic acids is 1. The molecule has 1 aromatic rings. The molecule has 4 nitrogen and oxygen atoms in total. The van der Waals surface area contributed by atoms with Crippen molar-refractivity contribution in [3.05, 3.63) is 35.9 Å². The molecule has 0 aromatic heterocycles. The molecule has 2 aliphatic rings. The van der Waals surface area contributed by atoms with Crippen LogP contribution in [0.2, 0.25) is 0 Å². The Morgan fingerprint density at radius 1 is 1.29 bits per heavy atom. The van der Waals surface area contributed by atoms with E-state index in [-0.39, 0.29) is 17.9 Å². The van der Waals surface area contributed by atoms with E-state index >= 15 is 0 Å². The van der Waals surface area contributed by atoms with Gasteiger partial charge in [0.2, 0.25) is 0 Å². The Balaban J connectivity index is 1.84. The maximum absolute atomic E-state index is 11.0. The zero-order valence-electron chi connectivity index (χ0n) is 9.24. The van der Waals surface area contributed by atoms with Crippen molar-refractivity contribution in [2.75, 3.05) is 0 Å². The number of hydrogen-bond acceptors (Lipinski definition) is 3. The first-order valence-electron chi connectivity index (χ1n) is 5.77. The molecule has 0 saturated heterocycles. The van der Waals surface area contributed by atoms with Gasteiger partial charge in [0.05, 0.1) is 11.6 Å². The molecule has 0 amide bonds. The number of fused-ring (bicyclic) bond motifs is 1. The second kappa shape index (κ2) is 3.87. The maximum Gasteiger partial charge on any atom is 0.306 e.